The number of anilines is 1. The van der Waals surface area contributed by atoms with Crippen molar-refractivity contribution in [3.8, 4) is 6.07 Å². The number of benzene rings is 1. The van der Waals surface area contributed by atoms with Gasteiger partial charge in [-0.05, 0) is 55.2 Å². The third-order valence-electron chi connectivity index (χ3n) is 4.25. The molecule has 2 heterocycles. The molecule has 1 atom stereocenters. The van der Waals surface area contributed by atoms with E-state index in [0.29, 0.717) is 22.7 Å². The van der Waals surface area contributed by atoms with Gasteiger partial charge >= 0.3 is 0 Å². The highest BCUT2D eigenvalue weighted by Gasteiger charge is 2.15. The lowest BCUT2D eigenvalue weighted by molar-refractivity contribution is 0.102. The quantitative estimate of drug-likeness (QED) is 0.690. The van der Waals surface area contributed by atoms with Crippen molar-refractivity contribution in [2.45, 2.75) is 19.5 Å². The summed E-state index contributed by atoms with van der Waals surface area (Å²) in [6.07, 6.45) is 1.67. The molecule has 0 aliphatic carbocycles. The zero-order chi connectivity index (χ0) is 18.5. The average molecular weight is 365 g/mol. The van der Waals surface area contributed by atoms with E-state index in [1.807, 2.05) is 37.4 Å². The summed E-state index contributed by atoms with van der Waals surface area (Å²) < 4.78 is 5.47. The Morgan fingerprint density at radius 1 is 1.35 bits per heavy atom. The summed E-state index contributed by atoms with van der Waals surface area (Å²) in [6, 6.07) is 15.3. The minimum atomic E-state index is -0.215. The predicted molar refractivity (Wildman–Crippen MR) is 102 cm³/mol. The van der Waals surface area contributed by atoms with E-state index in [0.717, 1.165) is 11.3 Å². The lowest BCUT2D eigenvalue weighted by atomic mass is 10.1. The van der Waals surface area contributed by atoms with Gasteiger partial charge < -0.3 is 9.73 Å². The van der Waals surface area contributed by atoms with Crippen LogP contribution in [0.5, 0.6) is 0 Å². The zero-order valence-electron chi connectivity index (χ0n) is 14.6. The van der Waals surface area contributed by atoms with Crippen molar-refractivity contribution in [2.24, 2.45) is 0 Å². The van der Waals surface area contributed by atoms with Crippen molar-refractivity contribution in [1.29, 1.82) is 5.26 Å². The van der Waals surface area contributed by atoms with Gasteiger partial charge in [-0.1, -0.05) is 12.1 Å². The Morgan fingerprint density at radius 3 is 2.92 bits per heavy atom. The largest absolute Gasteiger partial charge is 0.468 e. The number of nitrogens with one attached hydrogen (secondary N) is 1. The molecule has 1 N–H and O–H groups in total. The molecule has 0 saturated carbocycles. The molecular weight excluding hydrogens is 346 g/mol. The zero-order valence-corrected chi connectivity index (χ0v) is 15.4. The van der Waals surface area contributed by atoms with Gasteiger partial charge in [-0.3, -0.25) is 9.69 Å². The molecule has 0 aliphatic rings. The van der Waals surface area contributed by atoms with Crippen LogP contribution in [0.1, 0.15) is 40.2 Å². The second-order valence-electron chi connectivity index (χ2n) is 6.04. The molecule has 5 nitrogen and oxygen atoms in total. The average Bonchev–Trinajstić information content (AvgIpc) is 3.33. The maximum Gasteiger partial charge on any atom is 0.256 e. The molecule has 1 aromatic carbocycles. The molecule has 1 unspecified atom stereocenters. The fourth-order valence-electron chi connectivity index (χ4n) is 2.65. The van der Waals surface area contributed by atoms with E-state index in [2.05, 4.69) is 23.2 Å². The van der Waals surface area contributed by atoms with Gasteiger partial charge in [0.15, 0.2) is 0 Å². The highest BCUT2D eigenvalue weighted by atomic mass is 32.1. The summed E-state index contributed by atoms with van der Waals surface area (Å²) in [5.41, 5.74) is 2.08. The van der Waals surface area contributed by atoms with E-state index < -0.39 is 0 Å². The number of furan rings is 1. The molecule has 3 aromatic rings. The highest BCUT2D eigenvalue weighted by molar-refractivity contribution is 7.14. The Balaban J connectivity index is 1.70. The van der Waals surface area contributed by atoms with E-state index in [-0.39, 0.29) is 11.9 Å². The fraction of sp³-hybridized carbons (Fsp3) is 0.200. The molecule has 0 saturated heterocycles. The van der Waals surface area contributed by atoms with Gasteiger partial charge in [-0.2, -0.15) is 5.26 Å². The van der Waals surface area contributed by atoms with Crippen molar-refractivity contribution in [2.75, 3.05) is 12.4 Å². The topological polar surface area (TPSA) is 69.3 Å². The van der Waals surface area contributed by atoms with Crippen LogP contribution in [-0.4, -0.2) is 17.9 Å². The summed E-state index contributed by atoms with van der Waals surface area (Å²) in [6.45, 7) is 2.76. The molecular formula is C20H19N3O2S. The van der Waals surface area contributed by atoms with Gasteiger partial charge in [0.1, 0.15) is 16.8 Å². The number of hydrogen-bond donors (Lipinski definition) is 1. The number of carbonyl (C=O) groups is 1. The fourth-order valence-corrected chi connectivity index (χ4v) is 3.38. The van der Waals surface area contributed by atoms with Crippen LogP contribution < -0.4 is 5.32 Å². The van der Waals surface area contributed by atoms with E-state index in [4.69, 9.17) is 9.68 Å². The summed E-state index contributed by atoms with van der Waals surface area (Å²) >= 11 is 1.34. The van der Waals surface area contributed by atoms with E-state index in [1.165, 1.54) is 11.3 Å². The van der Waals surface area contributed by atoms with Crippen molar-refractivity contribution < 1.29 is 9.21 Å². The molecule has 2 aromatic heterocycles. The van der Waals surface area contributed by atoms with Crippen LogP contribution >= 0.6 is 11.3 Å². The number of hydrogen-bond acceptors (Lipinski definition) is 5. The van der Waals surface area contributed by atoms with Gasteiger partial charge in [0, 0.05) is 12.1 Å². The second kappa shape index (κ2) is 8.00. The third-order valence-corrected chi connectivity index (χ3v) is 5.08. The summed E-state index contributed by atoms with van der Waals surface area (Å²) in [7, 11) is 2.02. The Labute approximate surface area is 156 Å². The Kier molecular flexibility index (Phi) is 5.52. The number of nitrogens with zero attached hydrogens (tertiary/aromatic N) is 2. The van der Waals surface area contributed by atoms with Crippen molar-refractivity contribution >= 4 is 22.2 Å². The van der Waals surface area contributed by atoms with Crippen LogP contribution in [-0.2, 0) is 6.54 Å². The van der Waals surface area contributed by atoms with Gasteiger partial charge in [0.25, 0.3) is 5.91 Å². The minimum Gasteiger partial charge on any atom is -0.468 e. The van der Waals surface area contributed by atoms with E-state index >= 15 is 0 Å². The molecule has 0 aliphatic heterocycles. The monoisotopic (exact) mass is 365 g/mol. The van der Waals surface area contributed by atoms with Crippen molar-refractivity contribution in [1.82, 2.24) is 4.90 Å². The molecule has 0 fully saturated rings. The van der Waals surface area contributed by atoms with Crippen LogP contribution in [0.3, 0.4) is 0 Å². The summed E-state index contributed by atoms with van der Waals surface area (Å²) in [4.78, 5) is 14.7. The van der Waals surface area contributed by atoms with Gasteiger partial charge in [0.05, 0.1) is 17.9 Å². The Hall–Kier alpha value is -2.88. The van der Waals surface area contributed by atoms with E-state index in [9.17, 15) is 4.79 Å². The normalized spacial score (nSPS) is 11.9. The second-order valence-corrected chi connectivity index (χ2v) is 6.95. The number of nitriles is 1. The first-order valence-electron chi connectivity index (χ1n) is 8.20. The number of rotatable bonds is 6. The van der Waals surface area contributed by atoms with Gasteiger partial charge in [-0.25, -0.2) is 0 Å². The molecule has 1 amide bonds. The first kappa shape index (κ1) is 17.9. The van der Waals surface area contributed by atoms with Crippen LogP contribution in [0, 0.1) is 11.3 Å². The lowest BCUT2D eigenvalue weighted by Crippen LogP contribution is -2.22. The molecule has 6 heteroatoms. The maximum atomic E-state index is 12.5. The van der Waals surface area contributed by atoms with Crippen molar-refractivity contribution in [3.63, 3.8) is 0 Å². The molecule has 0 radical (unpaired) electrons. The minimum absolute atomic E-state index is 0.131. The number of amides is 1. The number of thiophene rings is 1. The maximum absolute atomic E-state index is 12.5. The molecule has 0 bridgehead atoms. The SMILES string of the molecule is CC(c1ccco1)N(C)Cc1cccc(C(=O)Nc2sccc2C#N)c1. The molecule has 132 valence electrons. The van der Waals surface area contributed by atoms with Crippen LogP contribution in [0.25, 0.3) is 0 Å². The Bertz CT molecular complexity index is 925. The van der Waals surface area contributed by atoms with Gasteiger partial charge in [0.2, 0.25) is 0 Å². The van der Waals surface area contributed by atoms with Gasteiger partial charge in [-0.15, -0.1) is 11.3 Å². The Morgan fingerprint density at radius 2 is 2.19 bits per heavy atom. The van der Waals surface area contributed by atoms with E-state index in [1.54, 1.807) is 23.8 Å². The number of carbonyl (C=O) groups excluding carboxylic acids is 1. The third kappa shape index (κ3) is 4.02. The highest BCUT2D eigenvalue weighted by Crippen LogP contribution is 2.24. The van der Waals surface area contributed by atoms with Crippen molar-refractivity contribution in [3.05, 3.63) is 76.6 Å². The predicted octanol–water partition coefficient (Wildman–Crippen LogP) is 4.66. The molecule has 26 heavy (non-hydrogen) atoms. The summed E-state index contributed by atoms with van der Waals surface area (Å²) in [5, 5.41) is 14.2. The smallest absolute Gasteiger partial charge is 0.256 e. The first-order chi connectivity index (χ1) is 12.6. The van der Waals surface area contributed by atoms with Crippen LogP contribution in [0.15, 0.2) is 58.5 Å². The van der Waals surface area contributed by atoms with Crippen LogP contribution in [0.4, 0.5) is 5.00 Å². The standard InChI is InChI=1S/C20H19N3O2S/c1-14(18-7-4-9-25-18)23(2)13-15-5-3-6-16(11-15)19(24)22-20-17(12-21)8-10-26-20/h3-11,14H,13H2,1-2H3,(H,22,24). The lowest BCUT2D eigenvalue weighted by Gasteiger charge is -2.23. The van der Waals surface area contributed by atoms with Crippen LogP contribution in [0.2, 0.25) is 0 Å². The molecule has 0 spiro atoms. The summed E-state index contributed by atoms with van der Waals surface area (Å²) in [5.74, 6) is 0.690. The molecule has 3 rings (SSSR count). The first-order valence-corrected chi connectivity index (χ1v) is 9.08.